The Kier molecular flexibility index (Phi) is 6.10. The molecule has 2 aromatic carbocycles. The van der Waals surface area contributed by atoms with Crippen LogP contribution in [0.4, 0.5) is 4.39 Å². The van der Waals surface area contributed by atoms with Gasteiger partial charge in [0.1, 0.15) is 24.2 Å². The number of carboxylic acids is 1. The first kappa shape index (κ1) is 20.4. The lowest BCUT2D eigenvalue weighted by Crippen LogP contribution is -2.40. The summed E-state index contributed by atoms with van der Waals surface area (Å²) in [4.78, 5) is 25.1. The number of aryl methyl sites for hydroxylation is 1. The van der Waals surface area contributed by atoms with Crippen molar-refractivity contribution in [2.75, 3.05) is 6.54 Å². The zero-order valence-electron chi connectivity index (χ0n) is 15.0. The van der Waals surface area contributed by atoms with Crippen LogP contribution in [-0.4, -0.2) is 34.5 Å². The van der Waals surface area contributed by atoms with Crippen molar-refractivity contribution in [1.29, 1.82) is 0 Å². The molecule has 3 rings (SSSR count). The van der Waals surface area contributed by atoms with Crippen molar-refractivity contribution in [1.82, 2.24) is 4.90 Å². The molecule has 28 heavy (non-hydrogen) atoms. The van der Waals surface area contributed by atoms with Gasteiger partial charge in [-0.1, -0.05) is 29.3 Å². The minimum absolute atomic E-state index is 0.00885. The van der Waals surface area contributed by atoms with Crippen molar-refractivity contribution in [2.45, 2.75) is 32.4 Å². The number of carbonyl (C=O) groups excluding carboxylic acids is 1. The van der Waals surface area contributed by atoms with Gasteiger partial charge in [-0.25, -0.2) is 9.18 Å². The fourth-order valence-electron chi connectivity index (χ4n) is 3.11. The zero-order chi connectivity index (χ0) is 20.4. The molecule has 1 fully saturated rings. The van der Waals surface area contributed by atoms with Gasteiger partial charge < -0.3 is 14.7 Å². The summed E-state index contributed by atoms with van der Waals surface area (Å²) in [6, 6.07) is 6.60. The Morgan fingerprint density at radius 1 is 1.25 bits per heavy atom. The highest BCUT2D eigenvalue weighted by Gasteiger charge is 2.35. The van der Waals surface area contributed by atoms with Crippen LogP contribution in [0.5, 0.6) is 5.75 Å². The molecule has 2 aromatic rings. The maximum atomic E-state index is 14.6. The van der Waals surface area contributed by atoms with Crippen molar-refractivity contribution in [3.05, 3.63) is 62.9 Å². The van der Waals surface area contributed by atoms with Crippen LogP contribution in [0.2, 0.25) is 10.0 Å². The monoisotopic (exact) mass is 425 g/mol. The van der Waals surface area contributed by atoms with Crippen LogP contribution in [0, 0.1) is 12.7 Å². The van der Waals surface area contributed by atoms with Crippen LogP contribution in [0.1, 0.15) is 34.3 Å². The Morgan fingerprint density at radius 2 is 2.00 bits per heavy atom. The van der Waals surface area contributed by atoms with E-state index in [1.54, 1.807) is 18.2 Å². The van der Waals surface area contributed by atoms with Gasteiger partial charge in [0.2, 0.25) is 0 Å². The Labute approximate surface area is 171 Å². The quantitative estimate of drug-likeness (QED) is 0.752. The minimum atomic E-state index is -1.10. The largest absolute Gasteiger partial charge is 0.489 e. The number of benzene rings is 2. The summed E-state index contributed by atoms with van der Waals surface area (Å²) in [6.45, 7) is 2.13. The number of halogens is 3. The van der Waals surface area contributed by atoms with Crippen LogP contribution in [0.25, 0.3) is 0 Å². The second-order valence-electron chi connectivity index (χ2n) is 6.62. The molecule has 148 valence electrons. The molecule has 1 atom stereocenters. The third-order valence-corrected chi connectivity index (χ3v) is 5.46. The third-order valence-electron chi connectivity index (χ3n) is 4.70. The Hall–Kier alpha value is -2.31. The van der Waals surface area contributed by atoms with Crippen LogP contribution in [0.15, 0.2) is 30.3 Å². The molecular formula is C20H18Cl2FNO4. The number of carboxylic acid groups (broad SMARTS) is 1. The molecule has 8 heteroatoms. The molecule has 1 heterocycles. The maximum Gasteiger partial charge on any atom is 0.326 e. The van der Waals surface area contributed by atoms with Crippen molar-refractivity contribution in [3.8, 4) is 5.75 Å². The standard InChI is InChI=1S/C20H18Cl2FNO4/c1-11-4-5-13(8-15(11)21)28-10-12-7-17(23)14(9-16(12)22)19(25)24-6-2-3-18(24)20(26)27/h4-5,7-9,18H,2-3,6,10H2,1H3,(H,26,27)/t18-/m0/s1. The molecule has 1 saturated heterocycles. The predicted molar refractivity (Wildman–Crippen MR) is 104 cm³/mol. The van der Waals surface area contributed by atoms with E-state index in [1.165, 1.54) is 11.0 Å². The van der Waals surface area contributed by atoms with E-state index in [4.69, 9.17) is 27.9 Å². The Bertz CT molecular complexity index is 935. The van der Waals surface area contributed by atoms with E-state index in [2.05, 4.69) is 0 Å². The van der Waals surface area contributed by atoms with Gasteiger partial charge in [-0.15, -0.1) is 0 Å². The molecule has 0 unspecified atom stereocenters. The smallest absolute Gasteiger partial charge is 0.326 e. The van der Waals surface area contributed by atoms with Crippen LogP contribution in [-0.2, 0) is 11.4 Å². The van der Waals surface area contributed by atoms with E-state index < -0.39 is 23.7 Å². The van der Waals surface area contributed by atoms with Gasteiger partial charge in [0.25, 0.3) is 5.91 Å². The van der Waals surface area contributed by atoms with Crippen LogP contribution >= 0.6 is 23.2 Å². The maximum absolute atomic E-state index is 14.6. The molecule has 0 spiro atoms. The van der Waals surface area contributed by atoms with Gasteiger partial charge in [-0.3, -0.25) is 4.79 Å². The van der Waals surface area contributed by atoms with E-state index >= 15 is 0 Å². The molecule has 0 saturated carbocycles. The molecule has 0 bridgehead atoms. The summed E-state index contributed by atoms with van der Waals surface area (Å²) < 4.78 is 20.2. The van der Waals surface area contributed by atoms with Crippen molar-refractivity contribution in [3.63, 3.8) is 0 Å². The normalized spacial score (nSPS) is 16.3. The highest BCUT2D eigenvalue weighted by Crippen LogP contribution is 2.27. The summed E-state index contributed by atoms with van der Waals surface area (Å²) in [5, 5.41) is 9.93. The average molecular weight is 426 g/mol. The summed E-state index contributed by atoms with van der Waals surface area (Å²) in [5.41, 5.74) is 1.02. The number of hydrogen-bond acceptors (Lipinski definition) is 3. The van der Waals surface area contributed by atoms with E-state index in [-0.39, 0.29) is 23.7 Å². The first-order valence-electron chi connectivity index (χ1n) is 8.68. The van der Waals surface area contributed by atoms with Crippen LogP contribution < -0.4 is 4.74 Å². The lowest BCUT2D eigenvalue weighted by atomic mass is 10.1. The summed E-state index contributed by atoms with van der Waals surface area (Å²) in [6.07, 6.45) is 0.907. The number of amides is 1. The van der Waals surface area contributed by atoms with Gasteiger partial charge in [0, 0.05) is 22.2 Å². The molecule has 1 amide bonds. The average Bonchev–Trinajstić information content (AvgIpc) is 3.14. The molecule has 0 aromatic heterocycles. The number of likely N-dealkylation sites (tertiary alicyclic amines) is 1. The summed E-state index contributed by atoms with van der Waals surface area (Å²) in [7, 11) is 0. The van der Waals surface area contributed by atoms with Crippen LogP contribution in [0.3, 0.4) is 0 Å². The van der Waals surface area contributed by atoms with E-state index in [1.807, 2.05) is 6.92 Å². The SMILES string of the molecule is Cc1ccc(OCc2cc(F)c(C(=O)N3CCC[C@H]3C(=O)O)cc2Cl)cc1Cl. The van der Waals surface area contributed by atoms with Gasteiger partial charge in [-0.05, 0) is 49.6 Å². The van der Waals surface area contributed by atoms with Crippen molar-refractivity contribution >= 4 is 35.1 Å². The minimum Gasteiger partial charge on any atom is -0.489 e. The zero-order valence-corrected chi connectivity index (χ0v) is 16.6. The number of rotatable bonds is 5. The molecule has 5 nitrogen and oxygen atoms in total. The van der Waals surface area contributed by atoms with Crippen molar-refractivity contribution < 1.29 is 23.8 Å². The fourth-order valence-corrected chi connectivity index (χ4v) is 3.50. The topological polar surface area (TPSA) is 66.8 Å². The van der Waals surface area contributed by atoms with Crippen molar-refractivity contribution in [2.24, 2.45) is 0 Å². The van der Waals surface area contributed by atoms with E-state index in [0.29, 0.717) is 29.2 Å². The van der Waals surface area contributed by atoms with E-state index in [9.17, 15) is 19.1 Å². The number of hydrogen-bond donors (Lipinski definition) is 1. The number of aliphatic carboxylic acids is 1. The molecule has 0 radical (unpaired) electrons. The lowest BCUT2D eigenvalue weighted by molar-refractivity contribution is -0.141. The molecule has 1 aliphatic rings. The Balaban J connectivity index is 1.77. The van der Waals surface area contributed by atoms with Gasteiger partial charge in [0.15, 0.2) is 0 Å². The van der Waals surface area contributed by atoms with Gasteiger partial charge in [-0.2, -0.15) is 0 Å². The highest BCUT2D eigenvalue weighted by molar-refractivity contribution is 6.32. The predicted octanol–water partition coefficient (Wildman–Crippen LogP) is 4.71. The number of ether oxygens (including phenoxy) is 1. The third kappa shape index (κ3) is 4.23. The van der Waals surface area contributed by atoms with Gasteiger partial charge in [0.05, 0.1) is 5.56 Å². The Morgan fingerprint density at radius 3 is 2.68 bits per heavy atom. The molecule has 1 N–H and O–H groups in total. The summed E-state index contributed by atoms with van der Waals surface area (Å²) >= 11 is 12.3. The first-order chi connectivity index (χ1) is 13.3. The summed E-state index contributed by atoms with van der Waals surface area (Å²) in [5.74, 6) is -2.04. The van der Waals surface area contributed by atoms with Gasteiger partial charge >= 0.3 is 5.97 Å². The second kappa shape index (κ2) is 8.37. The number of nitrogens with zero attached hydrogens (tertiary/aromatic N) is 1. The molecular weight excluding hydrogens is 408 g/mol. The lowest BCUT2D eigenvalue weighted by Gasteiger charge is -2.22. The van der Waals surface area contributed by atoms with E-state index in [0.717, 1.165) is 11.6 Å². The molecule has 1 aliphatic heterocycles. The highest BCUT2D eigenvalue weighted by atomic mass is 35.5. The second-order valence-corrected chi connectivity index (χ2v) is 7.43. The fraction of sp³-hybridized carbons (Fsp3) is 0.300. The molecule has 0 aliphatic carbocycles. The first-order valence-corrected chi connectivity index (χ1v) is 9.44. The number of carbonyl (C=O) groups is 2.